The molecule has 1 aliphatic carbocycles. The van der Waals surface area contributed by atoms with E-state index >= 15 is 0 Å². The molecular formula is C14H18O2. The van der Waals surface area contributed by atoms with Crippen molar-refractivity contribution < 1.29 is 9.53 Å². The van der Waals surface area contributed by atoms with E-state index in [1.165, 1.54) is 19.3 Å². The second-order valence-corrected chi connectivity index (χ2v) is 4.80. The van der Waals surface area contributed by atoms with Gasteiger partial charge in [0, 0.05) is 5.56 Å². The quantitative estimate of drug-likeness (QED) is 0.724. The maximum atomic E-state index is 10.7. The topological polar surface area (TPSA) is 26.3 Å². The summed E-state index contributed by atoms with van der Waals surface area (Å²) in [6.07, 6.45) is 6.87. The molecular weight excluding hydrogens is 200 g/mol. The first-order valence-corrected chi connectivity index (χ1v) is 5.96. The van der Waals surface area contributed by atoms with Gasteiger partial charge in [-0.05, 0) is 44.7 Å². The summed E-state index contributed by atoms with van der Waals surface area (Å²) >= 11 is 0. The van der Waals surface area contributed by atoms with Crippen LogP contribution in [-0.2, 0) is 0 Å². The van der Waals surface area contributed by atoms with E-state index in [1.54, 1.807) is 6.07 Å². The van der Waals surface area contributed by atoms with E-state index in [0.717, 1.165) is 24.9 Å². The van der Waals surface area contributed by atoms with Gasteiger partial charge in [0.25, 0.3) is 0 Å². The Labute approximate surface area is 96.6 Å². The molecule has 0 N–H and O–H groups in total. The lowest BCUT2D eigenvalue weighted by Crippen LogP contribution is -2.34. The molecule has 1 aromatic rings. The Bertz CT molecular complexity index is 365. The maximum absolute atomic E-state index is 10.7. The molecule has 0 saturated heterocycles. The normalized spacial score (nSPS) is 19.1. The summed E-state index contributed by atoms with van der Waals surface area (Å²) < 4.78 is 6.03. The molecule has 0 aromatic heterocycles. The molecule has 1 aromatic carbocycles. The lowest BCUT2D eigenvalue weighted by Gasteiger charge is -2.34. The molecule has 86 valence electrons. The van der Waals surface area contributed by atoms with Gasteiger partial charge >= 0.3 is 0 Å². The van der Waals surface area contributed by atoms with Crippen molar-refractivity contribution in [3.63, 3.8) is 0 Å². The van der Waals surface area contributed by atoms with Crippen LogP contribution in [0.3, 0.4) is 0 Å². The first kappa shape index (κ1) is 11.2. The molecule has 1 saturated carbocycles. The minimum atomic E-state index is -0.0419. The highest BCUT2D eigenvalue weighted by atomic mass is 16.5. The van der Waals surface area contributed by atoms with Crippen molar-refractivity contribution in [3.8, 4) is 5.75 Å². The highest BCUT2D eigenvalue weighted by Gasteiger charge is 2.28. The second-order valence-electron chi connectivity index (χ2n) is 4.80. The third kappa shape index (κ3) is 2.63. The number of carbonyl (C=O) groups excluding carboxylic acids is 1. The predicted octanol–water partition coefficient (Wildman–Crippen LogP) is 3.60. The third-order valence-electron chi connectivity index (χ3n) is 3.27. The Morgan fingerprint density at radius 3 is 2.69 bits per heavy atom. The van der Waals surface area contributed by atoms with Crippen LogP contribution >= 0.6 is 0 Å². The fraction of sp³-hybridized carbons (Fsp3) is 0.500. The summed E-state index contributed by atoms with van der Waals surface area (Å²) in [5.74, 6) is 0.814. The Morgan fingerprint density at radius 1 is 1.25 bits per heavy atom. The summed E-state index contributed by atoms with van der Waals surface area (Å²) in [7, 11) is 0. The molecule has 16 heavy (non-hydrogen) atoms. The Hall–Kier alpha value is -1.31. The lowest BCUT2D eigenvalue weighted by atomic mass is 9.86. The van der Waals surface area contributed by atoms with Gasteiger partial charge in [0.05, 0.1) is 0 Å². The Balaban J connectivity index is 2.09. The van der Waals surface area contributed by atoms with Crippen LogP contribution in [0.25, 0.3) is 0 Å². The monoisotopic (exact) mass is 218 g/mol. The van der Waals surface area contributed by atoms with Crippen LogP contribution in [0.5, 0.6) is 5.75 Å². The van der Waals surface area contributed by atoms with Gasteiger partial charge in [-0.15, -0.1) is 0 Å². The first-order chi connectivity index (χ1) is 7.72. The fourth-order valence-corrected chi connectivity index (χ4v) is 2.34. The van der Waals surface area contributed by atoms with Gasteiger partial charge in [-0.2, -0.15) is 0 Å². The van der Waals surface area contributed by atoms with Gasteiger partial charge in [0.15, 0.2) is 0 Å². The number of ether oxygens (including phenoxy) is 1. The lowest BCUT2D eigenvalue weighted by molar-refractivity contribution is 0.0486. The second kappa shape index (κ2) is 4.69. The third-order valence-corrected chi connectivity index (χ3v) is 3.27. The highest BCUT2D eigenvalue weighted by Crippen LogP contribution is 2.32. The minimum absolute atomic E-state index is 0.0419. The zero-order valence-electron chi connectivity index (χ0n) is 9.74. The molecule has 0 atom stereocenters. The van der Waals surface area contributed by atoms with E-state index < -0.39 is 0 Å². The van der Waals surface area contributed by atoms with Crippen LogP contribution < -0.4 is 4.74 Å². The Morgan fingerprint density at radius 2 is 2.00 bits per heavy atom. The fourth-order valence-electron chi connectivity index (χ4n) is 2.34. The van der Waals surface area contributed by atoms with Crippen LogP contribution in [0.2, 0.25) is 0 Å². The van der Waals surface area contributed by atoms with Crippen LogP contribution in [0.4, 0.5) is 0 Å². The summed E-state index contributed by atoms with van der Waals surface area (Å²) in [5.41, 5.74) is 0.636. The first-order valence-electron chi connectivity index (χ1n) is 5.96. The van der Waals surface area contributed by atoms with Gasteiger partial charge in [0.2, 0.25) is 0 Å². The molecule has 0 aliphatic heterocycles. The number of aldehydes is 1. The number of carbonyl (C=O) groups is 1. The minimum Gasteiger partial charge on any atom is -0.488 e. The molecule has 0 amide bonds. The van der Waals surface area contributed by atoms with Gasteiger partial charge in [-0.25, -0.2) is 0 Å². The molecule has 2 heteroatoms. The zero-order chi connectivity index (χ0) is 11.4. The van der Waals surface area contributed by atoms with Crippen LogP contribution in [0.15, 0.2) is 24.3 Å². The molecule has 1 aliphatic rings. The van der Waals surface area contributed by atoms with Crippen molar-refractivity contribution in [1.82, 2.24) is 0 Å². The van der Waals surface area contributed by atoms with Crippen molar-refractivity contribution in [1.29, 1.82) is 0 Å². The van der Waals surface area contributed by atoms with Gasteiger partial charge in [-0.1, -0.05) is 18.6 Å². The van der Waals surface area contributed by atoms with E-state index in [0.29, 0.717) is 5.56 Å². The van der Waals surface area contributed by atoms with Crippen LogP contribution in [-0.4, -0.2) is 11.9 Å². The molecule has 2 rings (SSSR count). The summed E-state index contributed by atoms with van der Waals surface area (Å²) in [4.78, 5) is 10.7. The highest BCUT2D eigenvalue weighted by molar-refractivity contribution is 5.75. The molecule has 2 nitrogen and oxygen atoms in total. The Kier molecular flexibility index (Phi) is 3.28. The number of rotatable bonds is 3. The van der Waals surface area contributed by atoms with Crippen molar-refractivity contribution in [2.75, 3.05) is 0 Å². The van der Waals surface area contributed by atoms with E-state index in [4.69, 9.17) is 4.74 Å². The molecule has 1 fully saturated rings. The van der Waals surface area contributed by atoms with Crippen molar-refractivity contribution in [3.05, 3.63) is 29.8 Å². The van der Waals surface area contributed by atoms with Gasteiger partial charge < -0.3 is 4.74 Å². The number of benzene rings is 1. The molecule has 0 radical (unpaired) electrons. The number of hydrogen-bond acceptors (Lipinski definition) is 2. The van der Waals surface area contributed by atoms with E-state index in [2.05, 4.69) is 6.92 Å². The molecule has 0 spiro atoms. The average Bonchev–Trinajstić information content (AvgIpc) is 2.29. The van der Waals surface area contributed by atoms with Crippen molar-refractivity contribution in [2.24, 2.45) is 0 Å². The molecule has 0 bridgehead atoms. The van der Waals surface area contributed by atoms with Crippen LogP contribution in [0.1, 0.15) is 49.4 Å². The predicted molar refractivity (Wildman–Crippen MR) is 63.9 cm³/mol. The van der Waals surface area contributed by atoms with E-state index in [1.807, 2.05) is 18.2 Å². The van der Waals surface area contributed by atoms with Crippen molar-refractivity contribution >= 4 is 6.29 Å². The molecule has 0 heterocycles. The summed E-state index contributed by atoms with van der Waals surface area (Å²) in [6.45, 7) is 2.17. The number of hydrogen-bond donors (Lipinski definition) is 0. The summed E-state index contributed by atoms with van der Waals surface area (Å²) in [6, 6.07) is 7.40. The smallest absolute Gasteiger partial charge is 0.150 e. The van der Waals surface area contributed by atoms with Crippen molar-refractivity contribution in [2.45, 2.75) is 44.6 Å². The van der Waals surface area contributed by atoms with Crippen LogP contribution in [0, 0.1) is 0 Å². The SMILES string of the molecule is CC1(Oc2cccc(C=O)c2)CCCCC1. The van der Waals surface area contributed by atoms with E-state index in [-0.39, 0.29) is 5.60 Å². The zero-order valence-corrected chi connectivity index (χ0v) is 9.74. The van der Waals surface area contributed by atoms with Gasteiger partial charge in [-0.3, -0.25) is 4.79 Å². The maximum Gasteiger partial charge on any atom is 0.150 e. The van der Waals surface area contributed by atoms with E-state index in [9.17, 15) is 4.79 Å². The standard InChI is InChI=1S/C14H18O2/c1-14(8-3-2-4-9-14)16-13-7-5-6-12(10-13)11-15/h5-7,10-11H,2-4,8-9H2,1H3. The molecule has 0 unspecified atom stereocenters. The van der Waals surface area contributed by atoms with Gasteiger partial charge in [0.1, 0.15) is 17.6 Å². The average molecular weight is 218 g/mol. The summed E-state index contributed by atoms with van der Waals surface area (Å²) in [5, 5.41) is 0. The largest absolute Gasteiger partial charge is 0.488 e.